The zero-order chi connectivity index (χ0) is 14.0. The molecule has 1 aromatic carbocycles. The van der Waals surface area contributed by atoms with Crippen molar-refractivity contribution in [2.75, 3.05) is 0 Å². The third kappa shape index (κ3) is 2.99. The second-order valence-electron chi connectivity index (χ2n) is 4.18. The maximum absolute atomic E-state index is 13.2. The van der Waals surface area contributed by atoms with Gasteiger partial charge in [-0.3, -0.25) is 4.68 Å². The molecule has 3 nitrogen and oxygen atoms in total. The lowest BCUT2D eigenvalue weighted by molar-refractivity contribution is 0.207. The molecule has 0 radical (unpaired) electrons. The van der Waals surface area contributed by atoms with E-state index >= 15 is 0 Å². The molecule has 1 unspecified atom stereocenters. The second-order valence-corrected chi connectivity index (χ2v) is 5.44. The zero-order valence-electron chi connectivity index (χ0n) is 10.3. The molecule has 0 spiro atoms. The van der Waals surface area contributed by atoms with Gasteiger partial charge >= 0.3 is 0 Å². The van der Waals surface area contributed by atoms with Gasteiger partial charge in [0.05, 0.1) is 21.4 Å². The third-order valence-electron chi connectivity index (χ3n) is 2.79. The van der Waals surface area contributed by atoms with E-state index < -0.39 is 6.10 Å². The van der Waals surface area contributed by atoms with E-state index in [4.69, 9.17) is 11.6 Å². The van der Waals surface area contributed by atoms with Crippen LogP contribution in [0.15, 0.2) is 28.9 Å². The van der Waals surface area contributed by atoms with Gasteiger partial charge in [-0.25, -0.2) is 4.39 Å². The van der Waals surface area contributed by atoms with Gasteiger partial charge in [-0.1, -0.05) is 24.6 Å². The molecule has 1 N–H and O–H groups in total. The molecule has 1 heterocycles. The number of aromatic nitrogens is 2. The fraction of sp³-hybridized carbons (Fsp3) is 0.308. The van der Waals surface area contributed by atoms with E-state index in [9.17, 15) is 9.50 Å². The van der Waals surface area contributed by atoms with Crippen LogP contribution in [0.1, 0.15) is 30.7 Å². The Hall–Kier alpha value is -0.910. The molecule has 0 aliphatic heterocycles. The summed E-state index contributed by atoms with van der Waals surface area (Å²) < 4.78 is 15.2. The van der Waals surface area contributed by atoms with Crippen LogP contribution in [-0.4, -0.2) is 14.9 Å². The maximum atomic E-state index is 13.2. The number of aryl methyl sites for hydroxylation is 1. The van der Waals surface area contributed by atoms with E-state index in [0.29, 0.717) is 27.3 Å². The highest BCUT2D eigenvalue weighted by Gasteiger charge is 2.20. The van der Waals surface area contributed by atoms with E-state index in [2.05, 4.69) is 21.0 Å². The lowest BCUT2D eigenvalue weighted by Crippen LogP contribution is -2.10. The van der Waals surface area contributed by atoms with Crippen LogP contribution in [0.5, 0.6) is 0 Å². The summed E-state index contributed by atoms with van der Waals surface area (Å²) in [5.74, 6) is -0.371. The Morgan fingerprint density at radius 1 is 1.53 bits per heavy atom. The first-order chi connectivity index (χ1) is 9.04. The molecule has 2 aromatic rings. The first kappa shape index (κ1) is 14.5. The quantitative estimate of drug-likeness (QED) is 0.910. The van der Waals surface area contributed by atoms with Gasteiger partial charge in [0.1, 0.15) is 11.9 Å². The first-order valence-electron chi connectivity index (χ1n) is 5.88. The summed E-state index contributed by atoms with van der Waals surface area (Å²) in [5.41, 5.74) is 1.09. The van der Waals surface area contributed by atoms with E-state index in [1.54, 1.807) is 10.7 Å². The van der Waals surface area contributed by atoms with Crippen LogP contribution in [0.25, 0.3) is 0 Å². The van der Waals surface area contributed by atoms with Crippen molar-refractivity contribution in [1.29, 1.82) is 0 Å². The minimum atomic E-state index is -0.932. The van der Waals surface area contributed by atoms with Crippen LogP contribution in [0.2, 0.25) is 5.02 Å². The van der Waals surface area contributed by atoms with E-state index in [1.807, 2.05) is 6.92 Å². The molecule has 0 saturated heterocycles. The van der Waals surface area contributed by atoms with E-state index in [0.717, 1.165) is 6.42 Å². The van der Waals surface area contributed by atoms with Crippen molar-refractivity contribution >= 4 is 27.5 Å². The SMILES string of the molecule is CCCn1ncc(Cl)c1C(O)c1ccc(F)c(Br)c1. The number of halogens is 3. The third-order valence-corrected chi connectivity index (χ3v) is 3.69. The molecule has 0 saturated carbocycles. The molecule has 0 fully saturated rings. The zero-order valence-corrected chi connectivity index (χ0v) is 12.6. The largest absolute Gasteiger partial charge is 0.382 e. The molecule has 102 valence electrons. The second kappa shape index (κ2) is 6.03. The van der Waals surface area contributed by atoms with Crippen molar-refractivity contribution in [3.63, 3.8) is 0 Å². The number of hydrogen-bond acceptors (Lipinski definition) is 2. The monoisotopic (exact) mass is 346 g/mol. The van der Waals surface area contributed by atoms with Crippen molar-refractivity contribution in [3.05, 3.63) is 51.0 Å². The topological polar surface area (TPSA) is 38.0 Å². The highest BCUT2D eigenvalue weighted by atomic mass is 79.9. The number of aliphatic hydroxyl groups is 1. The lowest BCUT2D eigenvalue weighted by Gasteiger charge is -2.14. The molecule has 19 heavy (non-hydrogen) atoms. The van der Waals surface area contributed by atoms with Gasteiger partial charge < -0.3 is 5.11 Å². The smallest absolute Gasteiger partial charge is 0.137 e. The molecule has 0 amide bonds. The predicted octanol–water partition coefficient (Wildman–Crippen LogP) is 3.93. The van der Waals surface area contributed by atoms with Crippen LogP contribution in [0, 0.1) is 5.82 Å². The summed E-state index contributed by atoms with van der Waals surface area (Å²) in [6.07, 6.45) is 1.46. The molecule has 2 rings (SSSR count). The van der Waals surface area contributed by atoms with Crippen LogP contribution in [-0.2, 0) is 6.54 Å². The van der Waals surface area contributed by atoms with Crippen molar-refractivity contribution in [2.45, 2.75) is 26.0 Å². The molecule has 1 atom stereocenters. The lowest BCUT2D eigenvalue weighted by atomic mass is 10.1. The standard InChI is InChI=1S/C13H13BrClFN2O/c1-2-5-18-12(10(15)7-17-18)13(19)8-3-4-11(16)9(14)6-8/h3-4,6-7,13,19H,2,5H2,1H3. The minimum absolute atomic E-state index is 0.307. The Balaban J connectivity index is 2.40. The number of nitrogens with zero attached hydrogens (tertiary/aromatic N) is 2. The molecule has 6 heteroatoms. The van der Waals surface area contributed by atoms with Crippen LogP contribution in [0.3, 0.4) is 0 Å². The highest BCUT2D eigenvalue weighted by Crippen LogP contribution is 2.30. The molecular weight excluding hydrogens is 335 g/mol. The average molecular weight is 348 g/mol. The molecule has 0 aliphatic rings. The van der Waals surface area contributed by atoms with Gasteiger partial charge in [-0.2, -0.15) is 5.10 Å². The Morgan fingerprint density at radius 2 is 2.26 bits per heavy atom. The number of hydrogen-bond donors (Lipinski definition) is 1. The van der Waals surface area contributed by atoms with Crippen molar-refractivity contribution < 1.29 is 9.50 Å². The van der Waals surface area contributed by atoms with Crippen molar-refractivity contribution in [2.24, 2.45) is 0 Å². The summed E-state index contributed by atoms with van der Waals surface area (Å²) in [7, 11) is 0. The van der Waals surface area contributed by atoms with Crippen LogP contribution < -0.4 is 0 Å². The highest BCUT2D eigenvalue weighted by molar-refractivity contribution is 9.10. The number of rotatable bonds is 4. The molecule has 0 aliphatic carbocycles. The fourth-order valence-corrected chi connectivity index (χ4v) is 2.52. The normalized spacial score (nSPS) is 12.7. The Bertz CT molecular complexity index is 588. The van der Waals surface area contributed by atoms with Gasteiger partial charge in [0.15, 0.2) is 0 Å². The maximum Gasteiger partial charge on any atom is 0.137 e. The predicted molar refractivity (Wildman–Crippen MR) is 75.7 cm³/mol. The Kier molecular flexibility index (Phi) is 4.60. The summed E-state index contributed by atoms with van der Waals surface area (Å²) in [4.78, 5) is 0. The molecule has 1 aromatic heterocycles. The summed E-state index contributed by atoms with van der Waals surface area (Å²) in [5, 5.41) is 14.9. The summed E-state index contributed by atoms with van der Waals surface area (Å²) in [6.45, 7) is 2.68. The van der Waals surface area contributed by atoms with E-state index in [-0.39, 0.29) is 5.82 Å². The average Bonchev–Trinajstić information content (AvgIpc) is 2.74. The van der Waals surface area contributed by atoms with E-state index in [1.165, 1.54) is 18.3 Å². The summed E-state index contributed by atoms with van der Waals surface area (Å²) in [6, 6.07) is 4.38. The van der Waals surface area contributed by atoms with Crippen molar-refractivity contribution in [1.82, 2.24) is 9.78 Å². The number of aliphatic hydroxyl groups excluding tert-OH is 1. The van der Waals surface area contributed by atoms with Gasteiger partial charge in [0.2, 0.25) is 0 Å². The Morgan fingerprint density at radius 3 is 2.89 bits per heavy atom. The minimum Gasteiger partial charge on any atom is -0.382 e. The van der Waals surface area contributed by atoms with Crippen molar-refractivity contribution in [3.8, 4) is 0 Å². The summed E-state index contributed by atoms with van der Waals surface area (Å²) >= 11 is 9.17. The molecule has 0 bridgehead atoms. The van der Waals surface area contributed by atoms with Crippen LogP contribution >= 0.6 is 27.5 Å². The van der Waals surface area contributed by atoms with Crippen LogP contribution in [0.4, 0.5) is 4.39 Å². The van der Waals surface area contributed by atoms with Gasteiger partial charge in [-0.05, 0) is 40.0 Å². The molecular formula is C13H13BrClFN2O. The Labute approximate surface area is 124 Å². The van der Waals surface area contributed by atoms with Gasteiger partial charge in [-0.15, -0.1) is 0 Å². The number of benzene rings is 1. The fourth-order valence-electron chi connectivity index (χ4n) is 1.87. The van der Waals surface area contributed by atoms with Gasteiger partial charge in [0, 0.05) is 6.54 Å². The van der Waals surface area contributed by atoms with Gasteiger partial charge in [0.25, 0.3) is 0 Å². The first-order valence-corrected chi connectivity index (χ1v) is 7.06.